The highest BCUT2D eigenvalue weighted by Gasteiger charge is 2.72. The number of hydrogen-bond acceptors (Lipinski definition) is 2. The van der Waals surface area contributed by atoms with Crippen LogP contribution in [0.4, 0.5) is 22.0 Å². The number of hydrogen-bond donors (Lipinski definition) is 1. The summed E-state index contributed by atoms with van der Waals surface area (Å²) < 4.78 is 65.2. The molecule has 0 amide bonds. The number of alkyl halides is 5. The molecule has 0 spiro atoms. The van der Waals surface area contributed by atoms with E-state index in [1.54, 1.807) is 0 Å². The van der Waals surface area contributed by atoms with Crippen molar-refractivity contribution in [2.45, 2.75) is 24.6 Å². The zero-order valence-corrected chi connectivity index (χ0v) is 9.13. The van der Waals surface area contributed by atoms with E-state index in [0.29, 0.717) is 19.1 Å². The molecule has 0 heterocycles. The summed E-state index contributed by atoms with van der Waals surface area (Å²) in [5.41, 5.74) is -5.62. The van der Waals surface area contributed by atoms with E-state index < -0.39 is 29.0 Å². The van der Waals surface area contributed by atoms with Gasteiger partial charge in [0.1, 0.15) is 0 Å². The maximum Gasteiger partial charge on any atom is 0.428 e. The van der Waals surface area contributed by atoms with Crippen molar-refractivity contribution < 1.29 is 31.9 Å². The van der Waals surface area contributed by atoms with Crippen LogP contribution in [0.25, 0.3) is 0 Å². The minimum atomic E-state index is -5.69. The van der Waals surface area contributed by atoms with E-state index >= 15 is 0 Å². The van der Waals surface area contributed by atoms with Gasteiger partial charge < -0.3 is 5.11 Å². The van der Waals surface area contributed by atoms with E-state index in [9.17, 15) is 31.9 Å². The Labute approximate surface area is 99.0 Å². The summed E-state index contributed by atoms with van der Waals surface area (Å²) in [7, 11) is 0. The predicted molar refractivity (Wildman–Crippen MR) is 52.0 cm³/mol. The Morgan fingerprint density at radius 2 is 1.50 bits per heavy atom. The fraction of sp³-hybridized carbons (Fsp3) is 0.364. The van der Waals surface area contributed by atoms with Crippen molar-refractivity contribution in [3.63, 3.8) is 0 Å². The molecule has 0 aromatic heterocycles. The van der Waals surface area contributed by atoms with Gasteiger partial charge in [-0.2, -0.15) is 22.0 Å². The molecule has 0 aliphatic rings. The highest BCUT2D eigenvalue weighted by atomic mass is 19.4. The van der Waals surface area contributed by atoms with Crippen molar-refractivity contribution in [2.75, 3.05) is 0 Å². The molecule has 1 aromatic rings. The molecular weight excluding hydrogens is 259 g/mol. The first kappa shape index (κ1) is 14.6. The summed E-state index contributed by atoms with van der Waals surface area (Å²) in [6.45, 7) is 0.291. The van der Waals surface area contributed by atoms with Gasteiger partial charge >= 0.3 is 12.1 Å². The predicted octanol–water partition coefficient (Wildman–Crippen LogP) is 2.66. The van der Waals surface area contributed by atoms with Crippen molar-refractivity contribution in [3.05, 3.63) is 35.9 Å². The first-order valence-electron chi connectivity index (χ1n) is 4.78. The van der Waals surface area contributed by atoms with Gasteiger partial charge in [0.15, 0.2) is 0 Å². The van der Waals surface area contributed by atoms with Crippen molar-refractivity contribution in [1.82, 2.24) is 0 Å². The van der Waals surface area contributed by atoms with Gasteiger partial charge in [-0.15, -0.1) is 0 Å². The Morgan fingerprint density at radius 3 is 1.83 bits per heavy atom. The van der Waals surface area contributed by atoms with Gasteiger partial charge in [-0.1, -0.05) is 30.3 Å². The molecule has 1 rings (SSSR count). The zero-order valence-electron chi connectivity index (χ0n) is 9.13. The monoisotopic (exact) mass is 268 g/mol. The molecule has 1 atom stereocenters. The Balaban J connectivity index is 3.53. The van der Waals surface area contributed by atoms with Crippen molar-refractivity contribution in [2.24, 2.45) is 0 Å². The van der Waals surface area contributed by atoms with E-state index in [-0.39, 0.29) is 0 Å². The molecule has 0 saturated heterocycles. The summed E-state index contributed by atoms with van der Waals surface area (Å²) in [5.74, 6) is -7.03. The fourth-order valence-electron chi connectivity index (χ4n) is 1.46. The molecule has 2 nitrogen and oxygen atoms in total. The lowest BCUT2D eigenvalue weighted by Crippen LogP contribution is -2.59. The van der Waals surface area contributed by atoms with Crippen LogP contribution in [0.15, 0.2) is 30.3 Å². The molecule has 7 heteroatoms. The normalized spacial score (nSPS) is 16.2. The van der Waals surface area contributed by atoms with Crippen molar-refractivity contribution in [1.29, 1.82) is 0 Å². The van der Waals surface area contributed by atoms with Crippen LogP contribution in [0.5, 0.6) is 0 Å². The molecule has 1 aromatic carbocycles. The number of halogens is 5. The van der Waals surface area contributed by atoms with Gasteiger partial charge in [-0.25, -0.2) is 0 Å². The average Bonchev–Trinajstić information content (AvgIpc) is 2.27. The van der Waals surface area contributed by atoms with Crippen LogP contribution in [0.1, 0.15) is 12.5 Å². The van der Waals surface area contributed by atoms with Crippen LogP contribution in [-0.4, -0.2) is 23.0 Å². The molecule has 1 N–H and O–H groups in total. The molecular formula is C11H9F5O2. The molecule has 0 radical (unpaired) electrons. The van der Waals surface area contributed by atoms with Gasteiger partial charge in [0.25, 0.3) is 5.60 Å². The summed E-state index contributed by atoms with van der Waals surface area (Å²) in [6.07, 6.45) is -5.69. The lowest BCUT2D eigenvalue weighted by atomic mass is 9.84. The number of Topliss-reactive ketones (excluding diaryl/α,β-unsaturated/α-hetero) is 1. The van der Waals surface area contributed by atoms with Crippen molar-refractivity contribution in [3.8, 4) is 0 Å². The van der Waals surface area contributed by atoms with E-state index in [4.69, 9.17) is 0 Å². The fourth-order valence-corrected chi connectivity index (χ4v) is 1.46. The Bertz CT molecular complexity index is 440. The number of carbonyl (C=O) groups is 1. The van der Waals surface area contributed by atoms with Crippen LogP contribution < -0.4 is 0 Å². The largest absolute Gasteiger partial charge is 0.428 e. The third kappa shape index (κ3) is 1.98. The summed E-state index contributed by atoms with van der Waals surface area (Å²) in [6, 6.07) is 4.78. The van der Waals surface area contributed by atoms with E-state index in [1.165, 1.54) is 6.07 Å². The molecule has 100 valence electrons. The highest BCUT2D eigenvalue weighted by Crippen LogP contribution is 2.49. The molecule has 0 saturated carbocycles. The lowest BCUT2D eigenvalue weighted by molar-refractivity contribution is -0.329. The molecule has 18 heavy (non-hydrogen) atoms. The van der Waals surface area contributed by atoms with Crippen LogP contribution in [0, 0.1) is 0 Å². The standard InChI is InChI=1S/C11H9F5O2/c1-7(17)10(12,13)9(18,11(14,15)16)8-5-3-2-4-6-8/h2-6,18H,1H3. The Hall–Kier alpha value is -1.50. The Morgan fingerprint density at radius 1 is 1.06 bits per heavy atom. The second-order valence-corrected chi connectivity index (χ2v) is 3.70. The van der Waals surface area contributed by atoms with Crippen LogP contribution in [0.3, 0.4) is 0 Å². The maximum absolute atomic E-state index is 13.5. The molecule has 0 aliphatic carbocycles. The smallest absolute Gasteiger partial charge is 0.371 e. The van der Waals surface area contributed by atoms with Gasteiger partial charge in [-0.3, -0.25) is 4.79 Å². The maximum atomic E-state index is 13.5. The van der Waals surface area contributed by atoms with Gasteiger partial charge in [0.2, 0.25) is 5.78 Å². The SMILES string of the molecule is CC(=O)C(F)(F)C(O)(c1ccccc1)C(F)(F)F. The van der Waals surface area contributed by atoms with Crippen LogP contribution >= 0.6 is 0 Å². The number of rotatable bonds is 3. The van der Waals surface area contributed by atoms with E-state index in [2.05, 4.69) is 0 Å². The van der Waals surface area contributed by atoms with E-state index in [0.717, 1.165) is 12.1 Å². The third-order valence-corrected chi connectivity index (χ3v) is 2.50. The minimum absolute atomic E-state index is 0.291. The summed E-state index contributed by atoms with van der Waals surface area (Å²) >= 11 is 0. The first-order chi connectivity index (χ1) is 8.05. The molecule has 0 aliphatic heterocycles. The summed E-state index contributed by atoms with van der Waals surface area (Å²) in [5, 5.41) is 9.42. The quantitative estimate of drug-likeness (QED) is 0.856. The van der Waals surface area contributed by atoms with Crippen LogP contribution in [-0.2, 0) is 10.4 Å². The first-order valence-corrected chi connectivity index (χ1v) is 4.78. The number of benzene rings is 1. The summed E-state index contributed by atoms with van der Waals surface area (Å²) in [4.78, 5) is 10.7. The number of ketones is 1. The third-order valence-electron chi connectivity index (χ3n) is 2.50. The van der Waals surface area contributed by atoms with E-state index in [1.807, 2.05) is 0 Å². The number of aliphatic hydroxyl groups is 1. The van der Waals surface area contributed by atoms with Crippen LogP contribution in [0.2, 0.25) is 0 Å². The Kier molecular flexibility index (Phi) is 3.49. The average molecular weight is 268 g/mol. The zero-order chi connectivity index (χ0) is 14.2. The minimum Gasteiger partial charge on any atom is -0.371 e. The highest BCUT2D eigenvalue weighted by molar-refractivity contribution is 5.85. The van der Waals surface area contributed by atoms with Crippen molar-refractivity contribution >= 4 is 5.78 Å². The second-order valence-electron chi connectivity index (χ2n) is 3.70. The topological polar surface area (TPSA) is 37.3 Å². The second kappa shape index (κ2) is 4.31. The number of carbonyl (C=O) groups excluding carboxylic acids is 1. The van der Waals surface area contributed by atoms with Gasteiger partial charge in [-0.05, 0) is 5.56 Å². The van der Waals surface area contributed by atoms with Gasteiger partial charge in [0.05, 0.1) is 0 Å². The van der Waals surface area contributed by atoms with Gasteiger partial charge in [0, 0.05) is 6.92 Å². The molecule has 0 bridgehead atoms. The molecule has 0 fully saturated rings. The molecule has 1 unspecified atom stereocenters. The lowest BCUT2D eigenvalue weighted by Gasteiger charge is -2.36.